The van der Waals surface area contributed by atoms with Crippen molar-refractivity contribution in [2.24, 2.45) is 0 Å². The summed E-state index contributed by atoms with van der Waals surface area (Å²) in [6.45, 7) is 4.94. The average molecular weight is 316 g/mol. The van der Waals surface area contributed by atoms with Crippen molar-refractivity contribution in [3.63, 3.8) is 0 Å². The Bertz CT molecular complexity index is 780. The van der Waals surface area contributed by atoms with Crippen molar-refractivity contribution in [1.82, 2.24) is 20.0 Å². The number of fused-ring (bicyclic) bond motifs is 1. The molecule has 0 bridgehead atoms. The number of carbonyl (C=O) groups excluding carboxylic acids is 2. The van der Waals surface area contributed by atoms with Crippen molar-refractivity contribution in [1.29, 1.82) is 0 Å². The maximum absolute atomic E-state index is 12.6. The van der Waals surface area contributed by atoms with Crippen LogP contribution in [0.3, 0.4) is 0 Å². The van der Waals surface area contributed by atoms with Crippen molar-refractivity contribution in [3.05, 3.63) is 40.3 Å². The first-order valence-electron chi connectivity index (χ1n) is 7.50. The number of hydrogen-bond acceptors (Lipinski definition) is 4. The van der Waals surface area contributed by atoms with Gasteiger partial charge in [-0.05, 0) is 19.9 Å². The maximum Gasteiger partial charge on any atom is 0.275 e. The largest absolute Gasteiger partial charge is 0.342 e. The Morgan fingerprint density at radius 2 is 1.74 bits per heavy atom. The molecule has 2 aromatic rings. The summed E-state index contributed by atoms with van der Waals surface area (Å²) < 4.78 is 0. The maximum atomic E-state index is 12.6. The fourth-order valence-corrected chi connectivity index (χ4v) is 2.41. The monoisotopic (exact) mass is 316 g/mol. The number of aromatic amines is 1. The molecular weight excluding hydrogens is 296 g/mol. The molecule has 0 aliphatic heterocycles. The lowest BCUT2D eigenvalue weighted by Crippen LogP contribution is -2.41. The van der Waals surface area contributed by atoms with Crippen LogP contribution in [-0.4, -0.2) is 58.5 Å². The molecule has 0 radical (unpaired) electrons. The molecule has 0 aliphatic carbocycles. The molecule has 0 aliphatic rings. The van der Waals surface area contributed by atoms with Gasteiger partial charge in [-0.1, -0.05) is 18.2 Å². The van der Waals surface area contributed by atoms with E-state index in [1.807, 2.05) is 13.8 Å². The fourth-order valence-electron chi connectivity index (χ4n) is 2.41. The average Bonchev–Trinajstić information content (AvgIpc) is 2.56. The number of hydrogen-bond donors (Lipinski definition) is 1. The van der Waals surface area contributed by atoms with Gasteiger partial charge in [-0.15, -0.1) is 0 Å². The third-order valence-electron chi connectivity index (χ3n) is 3.73. The topological polar surface area (TPSA) is 86.4 Å². The van der Waals surface area contributed by atoms with E-state index in [0.717, 1.165) is 0 Å². The number of carbonyl (C=O) groups is 2. The van der Waals surface area contributed by atoms with Crippen molar-refractivity contribution in [3.8, 4) is 0 Å². The second-order valence-corrected chi connectivity index (χ2v) is 5.17. The van der Waals surface area contributed by atoms with Crippen LogP contribution < -0.4 is 5.56 Å². The Labute approximate surface area is 133 Å². The summed E-state index contributed by atoms with van der Waals surface area (Å²) in [5.41, 5.74) is -0.214. The van der Waals surface area contributed by atoms with E-state index in [0.29, 0.717) is 23.9 Å². The molecule has 2 rings (SSSR count). The van der Waals surface area contributed by atoms with Gasteiger partial charge in [0, 0.05) is 25.5 Å². The highest BCUT2D eigenvalue weighted by molar-refractivity contribution is 6.05. The number of rotatable bonds is 5. The van der Waals surface area contributed by atoms with Gasteiger partial charge in [0.25, 0.3) is 11.5 Å². The lowest BCUT2D eigenvalue weighted by Gasteiger charge is -2.23. The number of benzene rings is 1. The summed E-state index contributed by atoms with van der Waals surface area (Å²) in [6, 6.07) is 6.76. The number of amides is 2. The van der Waals surface area contributed by atoms with Gasteiger partial charge in [0.05, 0.1) is 11.9 Å². The van der Waals surface area contributed by atoms with E-state index in [4.69, 9.17) is 0 Å². The highest BCUT2D eigenvalue weighted by Gasteiger charge is 2.21. The first-order chi connectivity index (χ1) is 11.0. The molecule has 1 heterocycles. The molecule has 0 saturated heterocycles. The minimum atomic E-state index is -0.405. The Hall–Kier alpha value is -2.70. The van der Waals surface area contributed by atoms with E-state index in [-0.39, 0.29) is 23.7 Å². The molecule has 0 saturated carbocycles. The van der Waals surface area contributed by atoms with Gasteiger partial charge in [-0.2, -0.15) is 5.10 Å². The zero-order valence-corrected chi connectivity index (χ0v) is 13.5. The van der Waals surface area contributed by atoms with Crippen LogP contribution >= 0.6 is 0 Å². The van der Waals surface area contributed by atoms with Gasteiger partial charge in [-0.3, -0.25) is 14.4 Å². The molecular formula is C16H20N4O3. The molecule has 1 aromatic heterocycles. The van der Waals surface area contributed by atoms with E-state index in [1.54, 1.807) is 36.2 Å². The third-order valence-corrected chi connectivity index (χ3v) is 3.73. The van der Waals surface area contributed by atoms with Crippen molar-refractivity contribution in [2.45, 2.75) is 13.8 Å². The van der Waals surface area contributed by atoms with E-state index < -0.39 is 5.91 Å². The predicted octanol–water partition coefficient (Wildman–Crippen LogP) is 0.863. The summed E-state index contributed by atoms with van der Waals surface area (Å²) in [7, 11) is 1.55. The van der Waals surface area contributed by atoms with Crippen LogP contribution in [0.4, 0.5) is 0 Å². The van der Waals surface area contributed by atoms with Crippen LogP contribution in [0.25, 0.3) is 10.8 Å². The summed E-state index contributed by atoms with van der Waals surface area (Å²) in [5.74, 6) is -0.530. The number of nitrogens with zero attached hydrogens (tertiary/aromatic N) is 3. The minimum absolute atomic E-state index is 0.0321. The van der Waals surface area contributed by atoms with E-state index in [9.17, 15) is 14.4 Å². The second-order valence-electron chi connectivity index (χ2n) is 5.17. The number of likely N-dealkylation sites (N-methyl/N-ethyl adjacent to an activating group) is 2. The van der Waals surface area contributed by atoms with Crippen LogP contribution in [0.1, 0.15) is 24.3 Å². The zero-order valence-electron chi connectivity index (χ0n) is 13.5. The van der Waals surface area contributed by atoms with Crippen LogP contribution in [0, 0.1) is 0 Å². The van der Waals surface area contributed by atoms with E-state index in [2.05, 4.69) is 10.2 Å². The zero-order chi connectivity index (χ0) is 17.0. The Balaban J connectivity index is 2.29. The predicted molar refractivity (Wildman–Crippen MR) is 87.3 cm³/mol. The molecule has 0 fully saturated rings. The van der Waals surface area contributed by atoms with Gasteiger partial charge in [0.2, 0.25) is 5.91 Å². The quantitative estimate of drug-likeness (QED) is 0.886. The smallest absolute Gasteiger partial charge is 0.275 e. The fraction of sp³-hybridized carbons (Fsp3) is 0.375. The minimum Gasteiger partial charge on any atom is -0.342 e. The second kappa shape index (κ2) is 7.04. The van der Waals surface area contributed by atoms with Gasteiger partial charge in [0.1, 0.15) is 0 Å². The molecule has 0 spiro atoms. The lowest BCUT2D eigenvalue weighted by atomic mass is 10.1. The molecule has 2 amide bonds. The van der Waals surface area contributed by atoms with Crippen LogP contribution in [0.2, 0.25) is 0 Å². The van der Waals surface area contributed by atoms with E-state index >= 15 is 0 Å². The van der Waals surface area contributed by atoms with Crippen molar-refractivity contribution in [2.75, 3.05) is 26.7 Å². The van der Waals surface area contributed by atoms with E-state index in [1.165, 1.54) is 4.90 Å². The molecule has 1 N–H and O–H groups in total. The summed E-state index contributed by atoms with van der Waals surface area (Å²) in [5, 5.41) is 7.07. The number of H-pyrrole nitrogens is 1. The molecule has 122 valence electrons. The first-order valence-corrected chi connectivity index (χ1v) is 7.50. The van der Waals surface area contributed by atoms with Gasteiger partial charge >= 0.3 is 0 Å². The molecule has 23 heavy (non-hydrogen) atoms. The Morgan fingerprint density at radius 3 is 2.35 bits per heavy atom. The van der Waals surface area contributed by atoms with Crippen molar-refractivity contribution < 1.29 is 9.59 Å². The summed E-state index contributed by atoms with van der Waals surface area (Å²) >= 11 is 0. The molecule has 1 aromatic carbocycles. The SMILES string of the molecule is CCN(CC)C(=O)CN(C)C(=O)c1n[nH]c(=O)c2ccccc12. The highest BCUT2D eigenvalue weighted by atomic mass is 16.2. The number of aromatic nitrogens is 2. The molecule has 7 heteroatoms. The van der Waals surface area contributed by atoms with Crippen LogP contribution in [0.15, 0.2) is 29.1 Å². The molecule has 7 nitrogen and oxygen atoms in total. The first kappa shape index (κ1) is 16.7. The van der Waals surface area contributed by atoms with Gasteiger partial charge in [0.15, 0.2) is 5.69 Å². The summed E-state index contributed by atoms with van der Waals surface area (Å²) in [6.07, 6.45) is 0. The highest BCUT2D eigenvalue weighted by Crippen LogP contribution is 2.13. The van der Waals surface area contributed by atoms with Crippen molar-refractivity contribution >= 4 is 22.6 Å². The summed E-state index contributed by atoms with van der Waals surface area (Å²) in [4.78, 5) is 39.4. The van der Waals surface area contributed by atoms with Gasteiger partial charge in [-0.25, -0.2) is 5.10 Å². The Kier molecular flexibility index (Phi) is 5.10. The lowest BCUT2D eigenvalue weighted by molar-refractivity contribution is -0.131. The molecule has 0 unspecified atom stereocenters. The normalized spacial score (nSPS) is 10.6. The number of nitrogens with one attached hydrogen (secondary N) is 1. The van der Waals surface area contributed by atoms with Crippen LogP contribution in [-0.2, 0) is 4.79 Å². The standard InChI is InChI=1S/C16H20N4O3/c1-4-20(5-2)13(21)10-19(3)16(23)14-11-8-6-7-9-12(11)15(22)18-17-14/h6-9H,4-5,10H2,1-3H3,(H,18,22). The Morgan fingerprint density at radius 1 is 1.13 bits per heavy atom. The third kappa shape index (κ3) is 3.39. The molecule has 0 atom stereocenters. The van der Waals surface area contributed by atoms with Gasteiger partial charge < -0.3 is 9.80 Å². The van der Waals surface area contributed by atoms with Crippen LogP contribution in [0.5, 0.6) is 0 Å².